The Morgan fingerprint density at radius 2 is 1.74 bits per heavy atom. The molecule has 27 heavy (non-hydrogen) atoms. The second-order valence-corrected chi connectivity index (χ2v) is 9.99. The highest BCUT2D eigenvalue weighted by molar-refractivity contribution is 5.77. The van der Waals surface area contributed by atoms with Gasteiger partial charge in [0.05, 0.1) is 0 Å². The van der Waals surface area contributed by atoms with Crippen LogP contribution < -0.4 is 5.73 Å². The Bertz CT molecular complexity index is 486. The van der Waals surface area contributed by atoms with Crippen LogP contribution in [0.5, 0.6) is 0 Å². The van der Waals surface area contributed by atoms with E-state index in [2.05, 4.69) is 37.5 Å². The Morgan fingerprint density at radius 1 is 1.04 bits per heavy atom. The maximum Gasteiger partial charge on any atom is 0.220 e. The number of nitrogens with zero attached hydrogens (tertiary/aromatic N) is 2. The summed E-state index contributed by atoms with van der Waals surface area (Å²) >= 11 is 0. The maximum absolute atomic E-state index is 11.8. The smallest absolute Gasteiger partial charge is 0.220 e. The minimum absolute atomic E-state index is 0.0469. The van der Waals surface area contributed by atoms with Gasteiger partial charge >= 0.3 is 0 Å². The number of carbonyl (C=O) groups excluding carboxylic acids is 1. The lowest BCUT2D eigenvalue weighted by Gasteiger charge is -2.50. The Kier molecular flexibility index (Phi) is 7.24. The van der Waals surface area contributed by atoms with Crippen LogP contribution in [0.15, 0.2) is 0 Å². The zero-order valence-corrected chi connectivity index (χ0v) is 18.2. The molecule has 0 aromatic heterocycles. The van der Waals surface area contributed by atoms with Crippen molar-refractivity contribution in [1.29, 1.82) is 0 Å². The van der Waals surface area contributed by atoms with Crippen molar-refractivity contribution in [3.8, 4) is 0 Å². The van der Waals surface area contributed by atoms with E-state index in [9.17, 15) is 4.79 Å². The number of hydrogen-bond acceptors (Lipinski definition) is 3. The van der Waals surface area contributed by atoms with Crippen molar-refractivity contribution in [2.75, 3.05) is 26.2 Å². The summed E-state index contributed by atoms with van der Waals surface area (Å²) in [5.74, 6) is 2.91. The molecule has 2 aliphatic heterocycles. The van der Waals surface area contributed by atoms with Crippen molar-refractivity contribution in [3.63, 3.8) is 0 Å². The van der Waals surface area contributed by atoms with E-state index in [1.807, 2.05) is 0 Å². The number of rotatable bonds is 7. The van der Waals surface area contributed by atoms with Gasteiger partial charge in [-0.3, -0.25) is 4.79 Å². The minimum atomic E-state index is -0.0469. The number of hydrogen-bond donors (Lipinski definition) is 1. The average Bonchev–Trinajstić information content (AvgIpc) is 2.60. The molecule has 0 radical (unpaired) electrons. The maximum atomic E-state index is 11.8. The van der Waals surface area contributed by atoms with Crippen molar-refractivity contribution in [3.05, 3.63) is 0 Å². The number of piperidine rings is 2. The van der Waals surface area contributed by atoms with E-state index in [1.54, 1.807) is 0 Å². The molecular weight excluding hydrogens is 334 g/mol. The van der Waals surface area contributed by atoms with Crippen molar-refractivity contribution in [2.45, 2.75) is 84.7 Å². The highest BCUT2D eigenvalue weighted by atomic mass is 16.1. The van der Waals surface area contributed by atoms with Crippen LogP contribution in [0.25, 0.3) is 0 Å². The van der Waals surface area contributed by atoms with Crippen LogP contribution in [0.1, 0.15) is 72.6 Å². The van der Waals surface area contributed by atoms with Gasteiger partial charge in [0, 0.05) is 24.5 Å². The zero-order valence-electron chi connectivity index (χ0n) is 18.2. The highest BCUT2D eigenvalue weighted by Crippen LogP contribution is 2.48. The summed E-state index contributed by atoms with van der Waals surface area (Å²) in [6.07, 6.45) is 8.74. The van der Waals surface area contributed by atoms with Crippen molar-refractivity contribution in [2.24, 2.45) is 35.3 Å². The first-order chi connectivity index (χ1) is 12.9. The molecule has 3 aliphatic rings. The average molecular weight is 378 g/mol. The van der Waals surface area contributed by atoms with Crippen LogP contribution in [0, 0.1) is 29.6 Å². The number of nitrogens with two attached hydrogens (primary N) is 1. The highest BCUT2D eigenvalue weighted by Gasteiger charge is 2.45. The molecule has 156 valence electrons. The summed E-state index contributed by atoms with van der Waals surface area (Å²) in [6.45, 7) is 14.5. The predicted octanol–water partition coefficient (Wildman–Crippen LogP) is 3.75. The van der Waals surface area contributed by atoms with E-state index in [1.165, 1.54) is 64.7 Å². The molecule has 1 amide bonds. The van der Waals surface area contributed by atoms with Gasteiger partial charge in [0.25, 0.3) is 0 Å². The van der Waals surface area contributed by atoms with E-state index in [0.717, 1.165) is 24.3 Å². The molecule has 4 nitrogen and oxygen atoms in total. The van der Waals surface area contributed by atoms with Gasteiger partial charge in [-0.05, 0) is 89.3 Å². The molecule has 2 heterocycles. The first kappa shape index (κ1) is 21.1. The fraction of sp³-hybridized carbons (Fsp3) is 0.957. The Hall–Kier alpha value is -0.610. The second kappa shape index (κ2) is 9.26. The lowest BCUT2D eigenvalue weighted by molar-refractivity contribution is -0.130. The lowest BCUT2D eigenvalue weighted by Crippen LogP contribution is -2.53. The van der Waals surface area contributed by atoms with Gasteiger partial charge in [0.1, 0.15) is 0 Å². The monoisotopic (exact) mass is 377 g/mol. The molecule has 2 N–H and O–H groups in total. The molecule has 0 aromatic carbocycles. The second-order valence-electron chi connectivity index (χ2n) is 9.99. The van der Waals surface area contributed by atoms with Crippen LogP contribution in [-0.4, -0.2) is 54.0 Å². The summed E-state index contributed by atoms with van der Waals surface area (Å²) in [7, 11) is 0. The lowest BCUT2D eigenvalue weighted by atomic mass is 9.59. The Morgan fingerprint density at radius 3 is 2.22 bits per heavy atom. The molecule has 1 aliphatic carbocycles. The summed E-state index contributed by atoms with van der Waals surface area (Å²) in [6, 6.07) is 1.47. The summed E-state index contributed by atoms with van der Waals surface area (Å²) in [5, 5.41) is 0. The third-order valence-corrected chi connectivity index (χ3v) is 8.16. The standard InChI is InChI=1S/C23H43N3O/c1-5-6-20(21-7-8-22(21)23(24)27)19-11-14-26(15-17(19)4)18-9-12-25(13-10-18)16(2)3/h16-22H,5-15H2,1-4H3,(H2,24,27). The summed E-state index contributed by atoms with van der Waals surface area (Å²) in [5.41, 5.74) is 5.69. The molecule has 2 saturated heterocycles. The van der Waals surface area contributed by atoms with Crippen LogP contribution in [0.3, 0.4) is 0 Å². The van der Waals surface area contributed by atoms with Gasteiger partial charge in [0.15, 0.2) is 0 Å². The van der Waals surface area contributed by atoms with Crippen LogP contribution in [-0.2, 0) is 4.79 Å². The summed E-state index contributed by atoms with van der Waals surface area (Å²) < 4.78 is 0. The van der Waals surface area contributed by atoms with Gasteiger partial charge in [-0.2, -0.15) is 0 Å². The van der Waals surface area contributed by atoms with Gasteiger partial charge in [-0.1, -0.05) is 26.7 Å². The van der Waals surface area contributed by atoms with E-state index in [0.29, 0.717) is 17.9 Å². The molecule has 3 fully saturated rings. The first-order valence-electron chi connectivity index (χ1n) is 11.7. The topological polar surface area (TPSA) is 49.6 Å². The van der Waals surface area contributed by atoms with E-state index in [-0.39, 0.29) is 11.8 Å². The van der Waals surface area contributed by atoms with E-state index < -0.39 is 0 Å². The molecule has 5 atom stereocenters. The number of amides is 1. The Labute approximate surface area is 167 Å². The number of likely N-dealkylation sites (tertiary alicyclic amines) is 2. The van der Waals surface area contributed by atoms with Gasteiger partial charge < -0.3 is 15.5 Å². The minimum Gasteiger partial charge on any atom is -0.369 e. The number of carbonyl (C=O) groups is 1. The molecule has 4 heteroatoms. The fourth-order valence-electron chi connectivity index (χ4n) is 6.40. The largest absolute Gasteiger partial charge is 0.369 e. The molecule has 0 bridgehead atoms. The van der Waals surface area contributed by atoms with Crippen molar-refractivity contribution >= 4 is 5.91 Å². The molecule has 1 saturated carbocycles. The van der Waals surface area contributed by atoms with Crippen LogP contribution >= 0.6 is 0 Å². The Balaban J connectivity index is 1.56. The molecule has 3 rings (SSSR count). The third-order valence-electron chi connectivity index (χ3n) is 8.16. The normalized spacial score (nSPS) is 35.1. The van der Waals surface area contributed by atoms with Gasteiger partial charge in [0.2, 0.25) is 5.91 Å². The first-order valence-corrected chi connectivity index (χ1v) is 11.7. The fourth-order valence-corrected chi connectivity index (χ4v) is 6.40. The molecule has 0 aromatic rings. The van der Waals surface area contributed by atoms with E-state index in [4.69, 9.17) is 5.73 Å². The van der Waals surface area contributed by atoms with Crippen molar-refractivity contribution in [1.82, 2.24) is 9.80 Å². The zero-order chi connectivity index (χ0) is 19.6. The van der Waals surface area contributed by atoms with Crippen LogP contribution in [0.2, 0.25) is 0 Å². The quantitative estimate of drug-likeness (QED) is 0.735. The van der Waals surface area contributed by atoms with Gasteiger partial charge in [-0.25, -0.2) is 0 Å². The molecule has 5 unspecified atom stereocenters. The summed E-state index contributed by atoms with van der Waals surface area (Å²) in [4.78, 5) is 17.2. The van der Waals surface area contributed by atoms with Gasteiger partial charge in [-0.15, -0.1) is 0 Å². The van der Waals surface area contributed by atoms with E-state index >= 15 is 0 Å². The third kappa shape index (κ3) is 4.70. The number of primary amides is 1. The predicted molar refractivity (Wildman–Crippen MR) is 112 cm³/mol. The SMILES string of the molecule is CCCC(C1CCN(C2CCN(C(C)C)CC2)CC1C)C1CCC1C(N)=O. The van der Waals surface area contributed by atoms with Crippen LogP contribution in [0.4, 0.5) is 0 Å². The molecule has 0 spiro atoms. The molecular formula is C23H43N3O. The van der Waals surface area contributed by atoms with Crippen molar-refractivity contribution < 1.29 is 4.79 Å².